The van der Waals surface area contributed by atoms with Crippen LogP contribution in [0.3, 0.4) is 0 Å². The van der Waals surface area contributed by atoms with Gasteiger partial charge in [-0.05, 0) is 52.0 Å². The highest BCUT2D eigenvalue weighted by molar-refractivity contribution is 5.68. The Labute approximate surface area is 154 Å². The van der Waals surface area contributed by atoms with Gasteiger partial charge in [-0.2, -0.15) is 0 Å². The third-order valence-electron chi connectivity index (χ3n) is 4.37. The van der Waals surface area contributed by atoms with Crippen LogP contribution in [0.25, 0.3) is 0 Å². The van der Waals surface area contributed by atoms with E-state index in [0.717, 1.165) is 25.7 Å². The first-order valence-corrected chi connectivity index (χ1v) is 9.28. The van der Waals surface area contributed by atoms with Crippen molar-refractivity contribution in [3.63, 3.8) is 0 Å². The first-order valence-electron chi connectivity index (χ1n) is 9.28. The van der Waals surface area contributed by atoms with E-state index in [1.807, 2.05) is 39.0 Å². The minimum Gasteiger partial charge on any atom is -0.444 e. The molecule has 1 amide bonds. The van der Waals surface area contributed by atoms with E-state index in [4.69, 9.17) is 9.15 Å². The van der Waals surface area contributed by atoms with Crippen LogP contribution in [0.5, 0.6) is 0 Å². The molecule has 0 radical (unpaired) electrons. The Morgan fingerprint density at radius 3 is 2.69 bits per heavy atom. The molecule has 1 aromatic carbocycles. The van der Waals surface area contributed by atoms with E-state index >= 15 is 0 Å². The number of benzene rings is 1. The van der Waals surface area contributed by atoms with E-state index in [2.05, 4.69) is 22.3 Å². The van der Waals surface area contributed by atoms with Gasteiger partial charge in [-0.1, -0.05) is 30.3 Å². The molecule has 0 N–H and O–H groups in total. The Balaban J connectivity index is 1.66. The summed E-state index contributed by atoms with van der Waals surface area (Å²) < 4.78 is 11.4. The van der Waals surface area contributed by atoms with Gasteiger partial charge in [-0.15, -0.1) is 10.2 Å². The first kappa shape index (κ1) is 18.4. The molecular weight excluding hydrogens is 330 g/mol. The van der Waals surface area contributed by atoms with Crippen molar-refractivity contribution in [1.82, 2.24) is 15.1 Å². The van der Waals surface area contributed by atoms with Crippen LogP contribution < -0.4 is 0 Å². The standard InChI is InChI=1S/C20H27N3O3/c1-20(2,3)26-19(24)23-14-8-7-11-16(23)18-22-21-17(25-18)13-12-15-9-5-4-6-10-15/h4-6,9-10,16H,7-8,11-14H2,1-3H3/t16-/m0/s1. The van der Waals surface area contributed by atoms with Gasteiger partial charge in [0.05, 0.1) is 0 Å². The van der Waals surface area contributed by atoms with Gasteiger partial charge in [0.15, 0.2) is 0 Å². The van der Waals surface area contributed by atoms with Gasteiger partial charge in [0.2, 0.25) is 11.8 Å². The molecule has 140 valence electrons. The number of hydrogen-bond donors (Lipinski definition) is 0. The summed E-state index contributed by atoms with van der Waals surface area (Å²) in [5.41, 5.74) is 0.717. The molecule has 26 heavy (non-hydrogen) atoms. The van der Waals surface area contributed by atoms with E-state index in [-0.39, 0.29) is 12.1 Å². The van der Waals surface area contributed by atoms with Crippen LogP contribution in [0.2, 0.25) is 0 Å². The second-order valence-corrected chi connectivity index (χ2v) is 7.70. The fourth-order valence-electron chi connectivity index (χ4n) is 3.13. The third-order valence-corrected chi connectivity index (χ3v) is 4.37. The van der Waals surface area contributed by atoms with Crippen LogP contribution in [0.4, 0.5) is 4.79 Å². The Morgan fingerprint density at radius 1 is 1.19 bits per heavy atom. The second kappa shape index (κ2) is 7.89. The van der Waals surface area contributed by atoms with Crippen LogP contribution in [-0.4, -0.2) is 33.3 Å². The van der Waals surface area contributed by atoms with Crippen LogP contribution >= 0.6 is 0 Å². The molecule has 0 bridgehead atoms. The zero-order chi connectivity index (χ0) is 18.6. The molecule has 1 saturated heterocycles. The molecule has 2 aromatic rings. The van der Waals surface area contributed by atoms with Crippen LogP contribution in [0.15, 0.2) is 34.7 Å². The maximum Gasteiger partial charge on any atom is 0.410 e. The van der Waals surface area contributed by atoms with Gasteiger partial charge in [0.25, 0.3) is 0 Å². The van der Waals surface area contributed by atoms with E-state index in [1.54, 1.807) is 4.90 Å². The summed E-state index contributed by atoms with van der Waals surface area (Å²) in [5.74, 6) is 1.12. The Kier molecular flexibility index (Phi) is 5.59. The zero-order valence-corrected chi connectivity index (χ0v) is 15.8. The highest BCUT2D eigenvalue weighted by Crippen LogP contribution is 2.31. The number of nitrogens with zero attached hydrogens (tertiary/aromatic N) is 3. The van der Waals surface area contributed by atoms with E-state index in [0.29, 0.717) is 24.7 Å². The zero-order valence-electron chi connectivity index (χ0n) is 15.8. The minimum atomic E-state index is -0.519. The molecule has 1 aliphatic heterocycles. The SMILES string of the molecule is CC(C)(C)OC(=O)N1CCCC[C@H]1c1nnc(CCc2ccccc2)o1. The smallest absolute Gasteiger partial charge is 0.410 e. The monoisotopic (exact) mass is 357 g/mol. The highest BCUT2D eigenvalue weighted by Gasteiger charge is 2.34. The van der Waals surface area contributed by atoms with Crippen molar-refractivity contribution in [3.8, 4) is 0 Å². The fourth-order valence-corrected chi connectivity index (χ4v) is 3.13. The van der Waals surface area contributed by atoms with E-state index in [1.165, 1.54) is 5.56 Å². The molecule has 6 heteroatoms. The number of hydrogen-bond acceptors (Lipinski definition) is 5. The summed E-state index contributed by atoms with van der Waals surface area (Å²) in [6.07, 6.45) is 4.04. The van der Waals surface area contributed by atoms with Crippen molar-refractivity contribution in [3.05, 3.63) is 47.7 Å². The molecule has 1 atom stereocenters. The van der Waals surface area contributed by atoms with Crippen LogP contribution in [-0.2, 0) is 17.6 Å². The lowest BCUT2D eigenvalue weighted by atomic mass is 10.0. The Hall–Kier alpha value is -2.37. The normalized spacial score (nSPS) is 18.0. The van der Waals surface area contributed by atoms with Gasteiger partial charge in [0.1, 0.15) is 11.6 Å². The highest BCUT2D eigenvalue weighted by atomic mass is 16.6. The van der Waals surface area contributed by atoms with Crippen molar-refractivity contribution in [2.24, 2.45) is 0 Å². The predicted molar refractivity (Wildman–Crippen MR) is 97.7 cm³/mol. The van der Waals surface area contributed by atoms with Crippen molar-refractivity contribution in [1.29, 1.82) is 0 Å². The number of amides is 1. The molecule has 3 rings (SSSR count). The van der Waals surface area contributed by atoms with Crippen molar-refractivity contribution in [2.45, 2.75) is 64.5 Å². The van der Waals surface area contributed by atoms with Gasteiger partial charge in [-0.25, -0.2) is 4.79 Å². The van der Waals surface area contributed by atoms with Gasteiger partial charge in [-0.3, -0.25) is 4.90 Å². The predicted octanol–water partition coefficient (Wildman–Crippen LogP) is 4.32. The second-order valence-electron chi connectivity index (χ2n) is 7.70. The van der Waals surface area contributed by atoms with Gasteiger partial charge >= 0.3 is 6.09 Å². The number of aromatic nitrogens is 2. The van der Waals surface area contributed by atoms with Gasteiger partial charge in [0, 0.05) is 13.0 Å². The molecule has 0 saturated carbocycles. The van der Waals surface area contributed by atoms with E-state index < -0.39 is 5.60 Å². The third kappa shape index (κ3) is 4.84. The lowest BCUT2D eigenvalue weighted by molar-refractivity contribution is 0.00595. The van der Waals surface area contributed by atoms with Gasteiger partial charge < -0.3 is 9.15 Å². The number of likely N-dealkylation sites (tertiary alicyclic amines) is 1. The molecule has 6 nitrogen and oxygen atoms in total. The number of rotatable bonds is 4. The first-order chi connectivity index (χ1) is 12.4. The average Bonchev–Trinajstić information content (AvgIpc) is 3.08. The average molecular weight is 357 g/mol. The number of aryl methyl sites for hydroxylation is 2. The summed E-state index contributed by atoms with van der Waals surface area (Å²) in [5, 5.41) is 8.39. The molecule has 1 fully saturated rings. The quantitative estimate of drug-likeness (QED) is 0.815. The summed E-state index contributed by atoms with van der Waals surface area (Å²) >= 11 is 0. The van der Waals surface area contributed by atoms with Crippen LogP contribution in [0, 0.1) is 0 Å². The van der Waals surface area contributed by atoms with Crippen molar-refractivity contribution >= 4 is 6.09 Å². The molecule has 1 aromatic heterocycles. The minimum absolute atomic E-state index is 0.198. The number of ether oxygens (including phenoxy) is 1. The lowest BCUT2D eigenvalue weighted by Gasteiger charge is -2.34. The summed E-state index contributed by atoms with van der Waals surface area (Å²) in [4.78, 5) is 14.3. The fraction of sp³-hybridized carbons (Fsp3) is 0.550. The molecule has 1 aliphatic rings. The topological polar surface area (TPSA) is 68.5 Å². The lowest BCUT2D eigenvalue weighted by Crippen LogP contribution is -2.42. The molecule has 0 unspecified atom stereocenters. The maximum atomic E-state index is 12.5. The molecular formula is C20H27N3O3. The number of piperidine rings is 1. The van der Waals surface area contributed by atoms with Crippen molar-refractivity contribution < 1.29 is 13.9 Å². The Morgan fingerprint density at radius 2 is 1.96 bits per heavy atom. The van der Waals surface area contributed by atoms with Crippen LogP contribution in [0.1, 0.15) is 63.4 Å². The molecule has 2 heterocycles. The number of carbonyl (C=O) groups is 1. The molecule has 0 aliphatic carbocycles. The van der Waals surface area contributed by atoms with E-state index in [9.17, 15) is 4.79 Å². The summed E-state index contributed by atoms with van der Waals surface area (Å²) in [6.45, 7) is 6.27. The summed E-state index contributed by atoms with van der Waals surface area (Å²) in [7, 11) is 0. The maximum absolute atomic E-state index is 12.5. The molecule has 0 spiro atoms. The largest absolute Gasteiger partial charge is 0.444 e. The summed E-state index contributed by atoms with van der Waals surface area (Å²) in [6, 6.07) is 10.0. The number of carbonyl (C=O) groups excluding carboxylic acids is 1. The Bertz CT molecular complexity index is 721. The van der Waals surface area contributed by atoms with Crippen molar-refractivity contribution in [2.75, 3.05) is 6.54 Å².